The second-order valence-corrected chi connectivity index (χ2v) is 7.21. The molecule has 7 heteroatoms. The lowest BCUT2D eigenvalue weighted by Gasteiger charge is -2.34. The number of methoxy groups -OCH3 is 1. The molecule has 1 aliphatic rings. The number of esters is 1. The van der Waals surface area contributed by atoms with Crippen LogP contribution in [0.4, 0.5) is 0 Å². The molecular weight excluding hydrogens is 256 g/mol. The van der Waals surface area contributed by atoms with Gasteiger partial charge in [0.25, 0.3) is 0 Å². The molecule has 1 heterocycles. The van der Waals surface area contributed by atoms with Crippen LogP contribution in [-0.2, 0) is 19.6 Å². The summed E-state index contributed by atoms with van der Waals surface area (Å²) in [5, 5.41) is 2.07. The van der Waals surface area contributed by atoms with Gasteiger partial charge in [0.1, 0.15) is 0 Å². The van der Waals surface area contributed by atoms with E-state index in [0.717, 1.165) is 25.9 Å². The van der Waals surface area contributed by atoms with Crippen LogP contribution in [0.3, 0.4) is 0 Å². The van der Waals surface area contributed by atoms with Crippen LogP contribution in [0.2, 0.25) is 0 Å². The Morgan fingerprint density at radius 3 is 2.72 bits per heavy atom. The average molecular weight is 278 g/mol. The Bertz CT molecular complexity index is 388. The number of rotatable bonds is 5. The number of hydrogen-bond donors (Lipinski definition) is 2. The number of carbonyl (C=O) groups excluding carboxylic acids is 1. The third-order valence-electron chi connectivity index (χ3n) is 3.38. The summed E-state index contributed by atoms with van der Waals surface area (Å²) in [6.07, 6.45) is 2.00. The van der Waals surface area contributed by atoms with Crippen molar-refractivity contribution in [3.8, 4) is 0 Å². The van der Waals surface area contributed by atoms with E-state index in [1.54, 1.807) is 0 Å². The Kier molecular flexibility index (Phi) is 5.12. The van der Waals surface area contributed by atoms with Crippen LogP contribution in [-0.4, -0.2) is 46.4 Å². The molecule has 6 nitrogen and oxygen atoms in total. The van der Waals surface area contributed by atoms with E-state index in [1.807, 2.05) is 6.92 Å². The number of piperidine rings is 1. The highest BCUT2D eigenvalue weighted by Gasteiger charge is 2.33. The normalized spacial score (nSPS) is 26.6. The molecule has 1 aliphatic heterocycles. The molecule has 2 unspecified atom stereocenters. The predicted molar refractivity (Wildman–Crippen MR) is 68.6 cm³/mol. The smallest absolute Gasteiger partial charge is 0.325 e. The predicted octanol–water partition coefficient (Wildman–Crippen LogP) is -0.143. The lowest BCUT2D eigenvalue weighted by Crippen LogP contribution is -2.48. The van der Waals surface area contributed by atoms with Crippen LogP contribution in [0.5, 0.6) is 0 Å². The summed E-state index contributed by atoms with van der Waals surface area (Å²) in [5.74, 6) is -0.741. The van der Waals surface area contributed by atoms with Gasteiger partial charge in [0.2, 0.25) is 10.0 Å². The Morgan fingerprint density at radius 1 is 1.56 bits per heavy atom. The van der Waals surface area contributed by atoms with Crippen LogP contribution in [0.1, 0.15) is 26.7 Å². The van der Waals surface area contributed by atoms with E-state index in [2.05, 4.69) is 14.8 Å². The first-order valence-electron chi connectivity index (χ1n) is 6.08. The molecule has 0 radical (unpaired) electrons. The van der Waals surface area contributed by atoms with Gasteiger partial charge in [-0.25, -0.2) is 13.1 Å². The zero-order chi connectivity index (χ0) is 13.8. The third-order valence-corrected chi connectivity index (χ3v) is 5.05. The summed E-state index contributed by atoms with van der Waals surface area (Å²) in [4.78, 5) is 11.2. The van der Waals surface area contributed by atoms with Gasteiger partial charge in [-0.1, -0.05) is 6.92 Å². The van der Waals surface area contributed by atoms with Crippen LogP contribution < -0.4 is 10.0 Å². The molecule has 0 aromatic rings. The molecule has 106 valence electrons. The quantitative estimate of drug-likeness (QED) is 0.684. The molecule has 0 aromatic carbocycles. The van der Waals surface area contributed by atoms with Crippen LogP contribution in [0, 0.1) is 5.41 Å². The minimum atomic E-state index is -3.66. The minimum absolute atomic E-state index is 0.0961. The maximum Gasteiger partial charge on any atom is 0.325 e. The van der Waals surface area contributed by atoms with E-state index in [9.17, 15) is 13.2 Å². The van der Waals surface area contributed by atoms with Gasteiger partial charge in [-0.05, 0) is 31.7 Å². The first-order chi connectivity index (χ1) is 8.31. The fourth-order valence-corrected chi connectivity index (χ4v) is 3.11. The first-order valence-corrected chi connectivity index (χ1v) is 7.62. The van der Waals surface area contributed by atoms with Crippen LogP contribution in [0.25, 0.3) is 0 Å². The van der Waals surface area contributed by atoms with Gasteiger partial charge in [-0.15, -0.1) is 0 Å². The van der Waals surface area contributed by atoms with E-state index in [4.69, 9.17) is 0 Å². The van der Waals surface area contributed by atoms with Crippen molar-refractivity contribution in [2.24, 2.45) is 5.41 Å². The van der Waals surface area contributed by atoms with E-state index in [-0.39, 0.29) is 5.41 Å². The zero-order valence-electron chi connectivity index (χ0n) is 11.2. The van der Waals surface area contributed by atoms with Crippen molar-refractivity contribution in [1.29, 1.82) is 0 Å². The number of nitrogens with one attached hydrogen (secondary N) is 2. The topological polar surface area (TPSA) is 84.5 Å². The van der Waals surface area contributed by atoms with E-state index in [0.29, 0.717) is 6.54 Å². The van der Waals surface area contributed by atoms with Gasteiger partial charge in [0.05, 0.1) is 7.11 Å². The molecule has 1 saturated heterocycles. The Labute approximate surface area is 109 Å². The van der Waals surface area contributed by atoms with Crippen LogP contribution >= 0.6 is 0 Å². The molecule has 2 N–H and O–H groups in total. The van der Waals surface area contributed by atoms with Crippen molar-refractivity contribution >= 4 is 16.0 Å². The molecule has 2 atom stereocenters. The first kappa shape index (κ1) is 15.4. The highest BCUT2D eigenvalue weighted by molar-refractivity contribution is 7.90. The lowest BCUT2D eigenvalue weighted by molar-refractivity contribution is -0.139. The Balaban J connectivity index is 2.58. The number of ether oxygens (including phenoxy) is 1. The van der Waals surface area contributed by atoms with Crippen molar-refractivity contribution in [2.45, 2.75) is 31.9 Å². The molecule has 0 amide bonds. The van der Waals surface area contributed by atoms with Gasteiger partial charge < -0.3 is 10.1 Å². The summed E-state index contributed by atoms with van der Waals surface area (Å²) in [6.45, 7) is 5.45. The second-order valence-electron chi connectivity index (χ2n) is 5.12. The van der Waals surface area contributed by atoms with Crippen molar-refractivity contribution in [3.05, 3.63) is 0 Å². The van der Waals surface area contributed by atoms with Gasteiger partial charge in [0.15, 0.2) is 5.25 Å². The molecule has 1 rings (SSSR count). The van der Waals surface area contributed by atoms with Gasteiger partial charge in [-0.2, -0.15) is 0 Å². The zero-order valence-corrected chi connectivity index (χ0v) is 12.0. The number of carbonyl (C=O) groups is 1. The summed E-state index contributed by atoms with van der Waals surface area (Å²) in [5.41, 5.74) is -0.0961. The van der Waals surface area contributed by atoms with Gasteiger partial charge >= 0.3 is 5.97 Å². The van der Waals surface area contributed by atoms with Crippen molar-refractivity contribution in [1.82, 2.24) is 10.0 Å². The fraction of sp³-hybridized carbons (Fsp3) is 0.909. The molecular formula is C11H22N2O4S. The molecule has 18 heavy (non-hydrogen) atoms. The summed E-state index contributed by atoms with van der Waals surface area (Å²) >= 11 is 0. The number of sulfonamides is 1. The maximum atomic E-state index is 11.9. The summed E-state index contributed by atoms with van der Waals surface area (Å²) in [7, 11) is -2.48. The standard InChI is InChI=1S/C11H22N2O4S/c1-9(10(14)17-3)18(15,16)13-8-11(2)5-4-6-12-7-11/h9,12-13H,4-8H2,1-3H3. The van der Waals surface area contributed by atoms with Crippen molar-refractivity contribution in [2.75, 3.05) is 26.7 Å². The van der Waals surface area contributed by atoms with E-state index in [1.165, 1.54) is 14.0 Å². The SMILES string of the molecule is COC(=O)C(C)S(=O)(=O)NCC1(C)CCCNC1. The molecule has 0 spiro atoms. The summed E-state index contributed by atoms with van der Waals surface area (Å²) in [6, 6.07) is 0. The van der Waals surface area contributed by atoms with E-state index < -0.39 is 21.2 Å². The minimum Gasteiger partial charge on any atom is -0.468 e. The summed E-state index contributed by atoms with van der Waals surface area (Å²) < 4.78 is 30.7. The monoisotopic (exact) mass is 278 g/mol. The van der Waals surface area contributed by atoms with Crippen LogP contribution in [0.15, 0.2) is 0 Å². The van der Waals surface area contributed by atoms with Crippen molar-refractivity contribution in [3.63, 3.8) is 0 Å². The maximum absolute atomic E-state index is 11.9. The highest BCUT2D eigenvalue weighted by atomic mass is 32.2. The van der Waals surface area contributed by atoms with Gasteiger partial charge in [-0.3, -0.25) is 4.79 Å². The molecule has 0 aliphatic carbocycles. The molecule has 0 bridgehead atoms. The molecule has 0 aromatic heterocycles. The largest absolute Gasteiger partial charge is 0.468 e. The molecule has 0 saturated carbocycles. The Morgan fingerprint density at radius 2 is 2.22 bits per heavy atom. The third kappa shape index (κ3) is 3.93. The lowest BCUT2D eigenvalue weighted by atomic mass is 9.83. The van der Waals surface area contributed by atoms with E-state index >= 15 is 0 Å². The average Bonchev–Trinajstić information content (AvgIpc) is 2.36. The highest BCUT2D eigenvalue weighted by Crippen LogP contribution is 2.24. The van der Waals surface area contributed by atoms with Gasteiger partial charge in [0, 0.05) is 13.1 Å². The number of hydrogen-bond acceptors (Lipinski definition) is 5. The molecule has 1 fully saturated rings. The van der Waals surface area contributed by atoms with Crippen molar-refractivity contribution < 1.29 is 17.9 Å². The second kappa shape index (κ2) is 5.99. The fourth-order valence-electron chi connectivity index (χ4n) is 1.96. The Hall–Kier alpha value is -0.660.